The lowest BCUT2D eigenvalue weighted by Gasteiger charge is -2.22. The average molecular weight is 259 g/mol. The lowest BCUT2D eigenvalue weighted by Crippen LogP contribution is -2.29. The smallest absolute Gasteiger partial charge is 0.278 e. The Morgan fingerprint density at radius 1 is 1.44 bits per heavy atom. The average Bonchev–Trinajstić information content (AvgIpc) is 2.81. The summed E-state index contributed by atoms with van der Waals surface area (Å²) in [5.74, 6) is -3.74. The van der Waals surface area contributed by atoms with Gasteiger partial charge in [0.05, 0.1) is 12.7 Å². The topological polar surface area (TPSA) is 21.3 Å². The van der Waals surface area contributed by atoms with Gasteiger partial charge in [0.1, 0.15) is 11.6 Å². The number of rotatable bonds is 4. The van der Waals surface area contributed by atoms with E-state index in [2.05, 4.69) is 5.32 Å². The first-order valence-corrected chi connectivity index (χ1v) is 5.98. The summed E-state index contributed by atoms with van der Waals surface area (Å²) in [5.41, 5.74) is -0.376. The molecule has 1 aliphatic heterocycles. The largest absolute Gasteiger partial charge is 0.496 e. The number of methoxy groups -OCH3 is 1. The normalized spacial score (nSPS) is 20.1. The predicted octanol–water partition coefficient (Wildman–Crippen LogP) is 3.07. The van der Waals surface area contributed by atoms with Crippen LogP contribution < -0.4 is 10.1 Å². The van der Waals surface area contributed by atoms with E-state index in [0.29, 0.717) is 0 Å². The molecule has 0 bridgehead atoms. The highest BCUT2D eigenvalue weighted by Gasteiger charge is 2.38. The molecule has 1 N–H and O–H groups in total. The fraction of sp³-hybridized carbons (Fsp3) is 0.538. The number of halogens is 3. The molecule has 100 valence electrons. The van der Waals surface area contributed by atoms with E-state index in [1.54, 1.807) is 0 Å². The van der Waals surface area contributed by atoms with Crippen LogP contribution in [0.5, 0.6) is 5.75 Å². The zero-order valence-electron chi connectivity index (χ0n) is 10.2. The molecule has 18 heavy (non-hydrogen) atoms. The summed E-state index contributed by atoms with van der Waals surface area (Å²) in [7, 11) is 1.31. The van der Waals surface area contributed by atoms with Crippen LogP contribution in [-0.4, -0.2) is 19.7 Å². The second-order valence-electron chi connectivity index (χ2n) is 4.55. The Labute approximate surface area is 104 Å². The maximum atomic E-state index is 14.1. The molecule has 5 heteroatoms. The maximum Gasteiger partial charge on any atom is 0.278 e. The van der Waals surface area contributed by atoms with E-state index in [4.69, 9.17) is 4.74 Å². The molecule has 0 spiro atoms. The molecule has 1 heterocycles. The number of hydrogen-bond acceptors (Lipinski definition) is 2. The Balaban J connectivity index is 2.24. The molecular formula is C13H16F3NO. The van der Waals surface area contributed by atoms with Gasteiger partial charge in [-0.2, -0.15) is 0 Å². The van der Waals surface area contributed by atoms with Crippen molar-refractivity contribution in [2.75, 3.05) is 13.7 Å². The maximum absolute atomic E-state index is 14.1. The summed E-state index contributed by atoms with van der Waals surface area (Å²) < 4.78 is 46.3. The molecule has 0 saturated carbocycles. The molecule has 2 nitrogen and oxygen atoms in total. The lowest BCUT2D eigenvalue weighted by molar-refractivity contribution is -0.0235. The number of ether oxygens (including phenoxy) is 1. The van der Waals surface area contributed by atoms with E-state index in [-0.39, 0.29) is 23.8 Å². The number of benzene rings is 1. The van der Waals surface area contributed by atoms with Gasteiger partial charge in [-0.25, -0.2) is 13.2 Å². The monoisotopic (exact) mass is 259 g/mol. The molecule has 1 aromatic rings. The minimum absolute atomic E-state index is 0.0272. The zero-order valence-corrected chi connectivity index (χ0v) is 10.2. The third-order valence-electron chi connectivity index (χ3n) is 3.22. The van der Waals surface area contributed by atoms with Gasteiger partial charge < -0.3 is 10.1 Å². The quantitative estimate of drug-likeness (QED) is 0.897. The molecule has 0 amide bonds. The minimum Gasteiger partial charge on any atom is -0.496 e. The van der Waals surface area contributed by atoms with Crippen LogP contribution in [0.1, 0.15) is 24.8 Å². The summed E-state index contributed by atoms with van der Waals surface area (Å²) in [6.45, 7) is 0.765. The van der Waals surface area contributed by atoms with Crippen LogP contribution in [0.4, 0.5) is 13.2 Å². The van der Waals surface area contributed by atoms with Gasteiger partial charge in [0.2, 0.25) is 0 Å². The summed E-state index contributed by atoms with van der Waals surface area (Å²) >= 11 is 0. The molecule has 1 saturated heterocycles. The van der Waals surface area contributed by atoms with Crippen LogP contribution in [0.15, 0.2) is 18.2 Å². The summed E-state index contributed by atoms with van der Waals surface area (Å²) in [6, 6.07) is 2.99. The molecule has 0 aliphatic carbocycles. The van der Waals surface area contributed by atoms with Gasteiger partial charge in [-0.3, -0.25) is 0 Å². The van der Waals surface area contributed by atoms with Gasteiger partial charge in [-0.05, 0) is 37.6 Å². The fourth-order valence-electron chi connectivity index (χ4n) is 2.32. The molecule has 0 radical (unpaired) electrons. The fourth-order valence-corrected chi connectivity index (χ4v) is 2.32. The Kier molecular flexibility index (Phi) is 3.80. The SMILES string of the molecule is COc1ccc(F)cc1C(F)(F)CC1CCCN1. The molecule has 2 rings (SSSR count). The molecule has 1 unspecified atom stereocenters. The van der Waals surface area contributed by atoms with Crippen LogP contribution >= 0.6 is 0 Å². The molecule has 1 atom stereocenters. The van der Waals surface area contributed by atoms with Crippen molar-refractivity contribution in [1.29, 1.82) is 0 Å². The third-order valence-corrected chi connectivity index (χ3v) is 3.22. The van der Waals surface area contributed by atoms with Crippen molar-refractivity contribution in [3.8, 4) is 5.75 Å². The molecule has 1 fully saturated rings. The van der Waals surface area contributed by atoms with Gasteiger partial charge >= 0.3 is 0 Å². The van der Waals surface area contributed by atoms with E-state index >= 15 is 0 Å². The van der Waals surface area contributed by atoms with Crippen LogP contribution in [0.25, 0.3) is 0 Å². The van der Waals surface area contributed by atoms with Gasteiger partial charge in [0.25, 0.3) is 5.92 Å². The van der Waals surface area contributed by atoms with E-state index in [1.165, 1.54) is 13.2 Å². The summed E-state index contributed by atoms with van der Waals surface area (Å²) in [5, 5.41) is 3.02. The first kappa shape index (κ1) is 13.2. The van der Waals surface area contributed by atoms with Gasteiger partial charge in [-0.15, -0.1) is 0 Å². The van der Waals surface area contributed by atoms with Crippen molar-refractivity contribution < 1.29 is 17.9 Å². The number of alkyl halides is 2. The second kappa shape index (κ2) is 5.18. The Hall–Kier alpha value is -1.23. The van der Waals surface area contributed by atoms with Crippen molar-refractivity contribution in [3.05, 3.63) is 29.6 Å². The Morgan fingerprint density at radius 3 is 2.83 bits per heavy atom. The van der Waals surface area contributed by atoms with E-state index in [0.717, 1.165) is 31.5 Å². The van der Waals surface area contributed by atoms with E-state index in [9.17, 15) is 13.2 Å². The standard InChI is InChI=1S/C13H16F3NO/c1-18-12-5-4-9(14)7-11(12)13(15,16)8-10-3-2-6-17-10/h4-5,7,10,17H,2-3,6,8H2,1H3. The first-order chi connectivity index (χ1) is 8.53. The van der Waals surface area contributed by atoms with Gasteiger partial charge in [0.15, 0.2) is 0 Å². The predicted molar refractivity (Wildman–Crippen MR) is 62.5 cm³/mol. The highest BCUT2D eigenvalue weighted by atomic mass is 19.3. The van der Waals surface area contributed by atoms with Crippen molar-refractivity contribution in [2.24, 2.45) is 0 Å². The molecule has 0 aromatic heterocycles. The summed E-state index contributed by atoms with van der Waals surface area (Å²) in [4.78, 5) is 0. The molecular weight excluding hydrogens is 243 g/mol. The van der Waals surface area contributed by atoms with E-state index < -0.39 is 11.7 Å². The van der Waals surface area contributed by atoms with Crippen molar-refractivity contribution >= 4 is 0 Å². The van der Waals surface area contributed by atoms with Crippen molar-refractivity contribution in [3.63, 3.8) is 0 Å². The van der Waals surface area contributed by atoms with Crippen LogP contribution in [-0.2, 0) is 5.92 Å². The number of nitrogens with one attached hydrogen (secondary N) is 1. The Morgan fingerprint density at radius 2 is 2.22 bits per heavy atom. The Bertz CT molecular complexity index is 417. The highest BCUT2D eigenvalue weighted by molar-refractivity contribution is 5.37. The highest BCUT2D eigenvalue weighted by Crippen LogP contribution is 2.39. The van der Waals surface area contributed by atoms with Gasteiger partial charge in [-0.1, -0.05) is 0 Å². The minimum atomic E-state index is -3.09. The lowest BCUT2D eigenvalue weighted by atomic mass is 9.99. The molecule has 1 aliphatic rings. The van der Waals surface area contributed by atoms with Crippen molar-refractivity contribution in [2.45, 2.75) is 31.2 Å². The van der Waals surface area contributed by atoms with Gasteiger partial charge in [0, 0.05) is 12.5 Å². The second-order valence-corrected chi connectivity index (χ2v) is 4.55. The molecule has 1 aromatic carbocycles. The van der Waals surface area contributed by atoms with Crippen LogP contribution in [0.2, 0.25) is 0 Å². The van der Waals surface area contributed by atoms with Crippen LogP contribution in [0.3, 0.4) is 0 Å². The van der Waals surface area contributed by atoms with Crippen molar-refractivity contribution in [1.82, 2.24) is 5.32 Å². The zero-order chi connectivity index (χ0) is 13.2. The summed E-state index contributed by atoms with van der Waals surface area (Å²) in [6.07, 6.45) is 1.31. The number of hydrogen-bond donors (Lipinski definition) is 1. The first-order valence-electron chi connectivity index (χ1n) is 5.98. The van der Waals surface area contributed by atoms with E-state index in [1.807, 2.05) is 0 Å². The third kappa shape index (κ3) is 2.77. The van der Waals surface area contributed by atoms with Crippen LogP contribution in [0, 0.1) is 5.82 Å².